The molecule has 136 valence electrons. The Morgan fingerprint density at radius 2 is 1.77 bits per heavy atom. The highest BCUT2D eigenvalue weighted by Crippen LogP contribution is 2.49. The fraction of sp³-hybridized carbons (Fsp3) is 0.435. The van der Waals surface area contributed by atoms with Gasteiger partial charge in [-0.25, -0.2) is 0 Å². The van der Waals surface area contributed by atoms with Crippen LogP contribution in [0.3, 0.4) is 0 Å². The van der Waals surface area contributed by atoms with Crippen molar-refractivity contribution < 1.29 is 4.79 Å². The van der Waals surface area contributed by atoms with Gasteiger partial charge >= 0.3 is 0 Å². The molecule has 1 saturated carbocycles. The summed E-state index contributed by atoms with van der Waals surface area (Å²) in [5.41, 5.74) is 5.00. The zero-order valence-corrected chi connectivity index (χ0v) is 16.0. The minimum absolute atomic E-state index is 0.270. The van der Waals surface area contributed by atoms with Crippen molar-refractivity contribution in [3.63, 3.8) is 0 Å². The van der Waals surface area contributed by atoms with Gasteiger partial charge in [0.15, 0.2) is 0 Å². The molecule has 0 N–H and O–H groups in total. The molecular formula is C23H28N2O. The second kappa shape index (κ2) is 6.55. The predicted molar refractivity (Wildman–Crippen MR) is 105 cm³/mol. The van der Waals surface area contributed by atoms with Crippen LogP contribution in [-0.2, 0) is 23.2 Å². The quantitative estimate of drug-likeness (QED) is 0.844. The number of fused-ring (bicyclic) bond motifs is 1. The van der Waals surface area contributed by atoms with E-state index < -0.39 is 0 Å². The number of hydrogen-bond acceptors (Lipinski definition) is 2. The summed E-state index contributed by atoms with van der Waals surface area (Å²) in [6.45, 7) is 3.84. The third-order valence-electron chi connectivity index (χ3n) is 6.21. The summed E-state index contributed by atoms with van der Waals surface area (Å²) in [5.74, 6) is 0.286. The Kier molecular flexibility index (Phi) is 4.36. The third kappa shape index (κ3) is 3.05. The number of carbonyl (C=O) groups excluding carboxylic acids is 1. The summed E-state index contributed by atoms with van der Waals surface area (Å²) in [7, 11) is 4.15. The van der Waals surface area contributed by atoms with E-state index in [-0.39, 0.29) is 11.3 Å². The van der Waals surface area contributed by atoms with Crippen LogP contribution in [0, 0.1) is 6.92 Å². The number of aryl methyl sites for hydroxylation is 1. The lowest BCUT2D eigenvalue weighted by atomic mass is 9.92. The van der Waals surface area contributed by atoms with Gasteiger partial charge in [0.1, 0.15) is 0 Å². The molecule has 1 aliphatic carbocycles. The molecule has 1 atom stereocenters. The molecular weight excluding hydrogens is 320 g/mol. The van der Waals surface area contributed by atoms with Crippen LogP contribution >= 0.6 is 0 Å². The van der Waals surface area contributed by atoms with E-state index in [9.17, 15) is 4.79 Å². The molecule has 3 nitrogen and oxygen atoms in total. The number of carbonyl (C=O) groups is 1. The zero-order chi connectivity index (χ0) is 18.3. The standard InChI is InChI=1S/C23H28N2O/c1-17-8-10-20(11-9-17)23(12-13-23)22(26)25(3)16-21-14-18-6-4-5-7-19(18)15-24(21)2/h4-11,21H,12-16H2,1-3H3. The Hall–Kier alpha value is -2.13. The first-order chi connectivity index (χ1) is 12.5. The Morgan fingerprint density at radius 1 is 1.12 bits per heavy atom. The molecule has 1 aliphatic heterocycles. The summed E-state index contributed by atoms with van der Waals surface area (Å²) < 4.78 is 0. The second-order valence-electron chi connectivity index (χ2n) is 8.18. The van der Waals surface area contributed by atoms with Gasteiger partial charge < -0.3 is 4.90 Å². The Morgan fingerprint density at radius 3 is 2.42 bits per heavy atom. The van der Waals surface area contributed by atoms with Gasteiger partial charge in [0.05, 0.1) is 5.41 Å². The maximum atomic E-state index is 13.2. The molecule has 1 fully saturated rings. The molecule has 3 heteroatoms. The molecule has 1 heterocycles. The molecule has 0 aromatic heterocycles. The van der Waals surface area contributed by atoms with E-state index in [2.05, 4.69) is 67.4 Å². The number of benzene rings is 2. The molecule has 1 amide bonds. The monoisotopic (exact) mass is 348 g/mol. The molecule has 2 aromatic carbocycles. The molecule has 1 unspecified atom stereocenters. The molecule has 0 saturated heterocycles. The summed E-state index contributed by atoms with van der Waals surface area (Å²) >= 11 is 0. The fourth-order valence-corrected chi connectivity index (χ4v) is 4.31. The topological polar surface area (TPSA) is 23.6 Å². The van der Waals surface area contributed by atoms with E-state index >= 15 is 0 Å². The smallest absolute Gasteiger partial charge is 0.233 e. The van der Waals surface area contributed by atoms with Crippen molar-refractivity contribution in [2.75, 3.05) is 20.6 Å². The number of hydrogen-bond donors (Lipinski definition) is 0. The van der Waals surface area contributed by atoms with Gasteiger partial charge in [-0.1, -0.05) is 54.1 Å². The second-order valence-corrected chi connectivity index (χ2v) is 8.18. The van der Waals surface area contributed by atoms with Gasteiger partial charge in [0, 0.05) is 26.2 Å². The van der Waals surface area contributed by atoms with Crippen molar-refractivity contribution in [2.45, 2.75) is 44.2 Å². The van der Waals surface area contributed by atoms with Crippen LogP contribution in [0.2, 0.25) is 0 Å². The van der Waals surface area contributed by atoms with E-state index in [1.165, 1.54) is 22.3 Å². The van der Waals surface area contributed by atoms with Crippen molar-refractivity contribution in [1.82, 2.24) is 9.80 Å². The van der Waals surface area contributed by atoms with Gasteiger partial charge in [-0.05, 0) is 49.9 Å². The highest BCUT2D eigenvalue weighted by Gasteiger charge is 2.52. The Labute approximate surface area is 156 Å². The molecule has 26 heavy (non-hydrogen) atoms. The first-order valence-electron chi connectivity index (χ1n) is 9.59. The summed E-state index contributed by atoms with van der Waals surface area (Å²) in [5, 5.41) is 0. The van der Waals surface area contributed by atoms with E-state index in [4.69, 9.17) is 0 Å². The lowest BCUT2D eigenvalue weighted by Crippen LogP contribution is -2.48. The van der Waals surface area contributed by atoms with Crippen molar-refractivity contribution in [1.29, 1.82) is 0 Å². The van der Waals surface area contributed by atoms with Crippen LogP contribution in [0.1, 0.15) is 35.1 Å². The van der Waals surface area contributed by atoms with Crippen LogP contribution in [0.25, 0.3) is 0 Å². The number of rotatable bonds is 4. The van der Waals surface area contributed by atoms with Gasteiger partial charge in [-0.15, -0.1) is 0 Å². The predicted octanol–water partition coefficient (Wildman–Crippen LogP) is 3.54. The van der Waals surface area contributed by atoms with E-state index in [1.54, 1.807) is 0 Å². The molecule has 0 spiro atoms. The lowest BCUT2D eigenvalue weighted by Gasteiger charge is -2.37. The maximum absolute atomic E-state index is 13.2. The van der Waals surface area contributed by atoms with Crippen molar-refractivity contribution in [3.05, 3.63) is 70.8 Å². The Balaban J connectivity index is 1.47. The highest BCUT2D eigenvalue weighted by atomic mass is 16.2. The van der Waals surface area contributed by atoms with Gasteiger partial charge in [0.2, 0.25) is 5.91 Å². The molecule has 0 bridgehead atoms. The minimum atomic E-state index is -0.270. The first-order valence-corrected chi connectivity index (χ1v) is 9.59. The van der Waals surface area contributed by atoms with Crippen LogP contribution < -0.4 is 0 Å². The molecule has 2 aromatic rings. The van der Waals surface area contributed by atoms with Crippen LogP contribution in [-0.4, -0.2) is 42.4 Å². The normalized spacial score (nSPS) is 21.1. The SMILES string of the molecule is Cc1ccc(C2(C(=O)N(C)CC3Cc4ccccc4CN3C)CC2)cc1. The third-order valence-corrected chi connectivity index (χ3v) is 6.21. The molecule has 0 radical (unpaired) electrons. The van der Waals surface area contributed by atoms with E-state index in [0.717, 1.165) is 32.4 Å². The van der Waals surface area contributed by atoms with Gasteiger partial charge in [-0.2, -0.15) is 0 Å². The largest absolute Gasteiger partial charge is 0.343 e. The van der Waals surface area contributed by atoms with Crippen LogP contribution in [0.5, 0.6) is 0 Å². The maximum Gasteiger partial charge on any atom is 0.233 e. The van der Waals surface area contributed by atoms with Crippen molar-refractivity contribution >= 4 is 5.91 Å². The van der Waals surface area contributed by atoms with Crippen LogP contribution in [0.15, 0.2) is 48.5 Å². The number of nitrogens with zero attached hydrogens (tertiary/aromatic N) is 2. The van der Waals surface area contributed by atoms with Gasteiger partial charge in [-0.3, -0.25) is 9.69 Å². The average Bonchev–Trinajstić information content (AvgIpc) is 3.44. The highest BCUT2D eigenvalue weighted by molar-refractivity contribution is 5.91. The summed E-state index contributed by atoms with van der Waals surface area (Å²) in [6.07, 6.45) is 2.97. The fourth-order valence-electron chi connectivity index (χ4n) is 4.31. The molecule has 2 aliphatic rings. The Bertz CT molecular complexity index is 807. The minimum Gasteiger partial charge on any atom is -0.343 e. The van der Waals surface area contributed by atoms with E-state index in [1.807, 2.05) is 11.9 Å². The summed E-state index contributed by atoms with van der Waals surface area (Å²) in [4.78, 5) is 17.6. The van der Waals surface area contributed by atoms with Crippen molar-refractivity contribution in [2.24, 2.45) is 0 Å². The zero-order valence-electron chi connectivity index (χ0n) is 16.0. The van der Waals surface area contributed by atoms with Crippen LogP contribution in [0.4, 0.5) is 0 Å². The first kappa shape index (κ1) is 17.3. The van der Waals surface area contributed by atoms with Gasteiger partial charge in [0.25, 0.3) is 0 Å². The molecule has 4 rings (SSSR count). The van der Waals surface area contributed by atoms with Crippen molar-refractivity contribution in [3.8, 4) is 0 Å². The average molecular weight is 348 g/mol. The number of likely N-dealkylation sites (N-methyl/N-ethyl adjacent to an activating group) is 2. The summed E-state index contributed by atoms with van der Waals surface area (Å²) in [6, 6.07) is 17.6. The number of amides is 1. The lowest BCUT2D eigenvalue weighted by molar-refractivity contribution is -0.133. The van der Waals surface area contributed by atoms with E-state index in [0.29, 0.717) is 6.04 Å².